The van der Waals surface area contributed by atoms with Crippen molar-refractivity contribution in [2.24, 2.45) is 16.7 Å². The summed E-state index contributed by atoms with van der Waals surface area (Å²) < 4.78 is 6.01. The normalized spacial score (nSPS) is 25.8. The van der Waals surface area contributed by atoms with Gasteiger partial charge in [-0.3, -0.25) is 0 Å². The molecule has 0 spiro atoms. The van der Waals surface area contributed by atoms with Crippen LogP contribution in [-0.4, -0.2) is 37.0 Å². The summed E-state index contributed by atoms with van der Waals surface area (Å²) in [7, 11) is 0. The van der Waals surface area contributed by atoms with Gasteiger partial charge in [-0.1, -0.05) is 41.5 Å². The summed E-state index contributed by atoms with van der Waals surface area (Å²) in [6.07, 6.45) is 3.50. The summed E-state index contributed by atoms with van der Waals surface area (Å²) in [5, 5.41) is 13.3. The van der Waals surface area contributed by atoms with Gasteiger partial charge in [-0.05, 0) is 25.2 Å². The summed E-state index contributed by atoms with van der Waals surface area (Å²) in [4.78, 5) is 0. The van der Waals surface area contributed by atoms with E-state index in [4.69, 9.17) is 4.74 Å². The van der Waals surface area contributed by atoms with Gasteiger partial charge in [0.2, 0.25) is 0 Å². The van der Waals surface area contributed by atoms with Crippen LogP contribution in [0.5, 0.6) is 0 Å². The maximum absolute atomic E-state index is 9.64. The van der Waals surface area contributed by atoms with Crippen LogP contribution in [0.25, 0.3) is 0 Å². The second-order valence-electron chi connectivity index (χ2n) is 7.57. The molecule has 0 heterocycles. The molecule has 3 nitrogen and oxygen atoms in total. The predicted octanol–water partition coefficient (Wildman–Crippen LogP) is 3.21. The Bertz CT molecular complexity index is 276. The zero-order valence-corrected chi connectivity index (χ0v) is 14.3. The highest BCUT2D eigenvalue weighted by molar-refractivity contribution is 5.03. The average molecular weight is 285 g/mol. The Labute approximate surface area is 125 Å². The first-order chi connectivity index (χ1) is 9.31. The summed E-state index contributed by atoms with van der Waals surface area (Å²) in [6.45, 7) is 15.3. The van der Waals surface area contributed by atoms with Crippen molar-refractivity contribution in [1.29, 1.82) is 0 Å². The summed E-state index contributed by atoms with van der Waals surface area (Å²) in [6, 6.07) is 0.503. The van der Waals surface area contributed by atoms with Crippen molar-refractivity contribution in [3.05, 3.63) is 0 Å². The van der Waals surface area contributed by atoms with Gasteiger partial charge < -0.3 is 15.2 Å². The Balaban J connectivity index is 2.44. The first kappa shape index (κ1) is 17.9. The van der Waals surface area contributed by atoms with Crippen LogP contribution in [0.2, 0.25) is 0 Å². The van der Waals surface area contributed by atoms with Gasteiger partial charge in [0.25, 0.3) is 0 Å². The molecule has 0 aromatic heterocycles. The van der Waals surface area contributed by atoms with E-state index in [0.29, 0.717) is 18.1 Å². The number of nitrogens with one attached hydrogen (secondary N) is 1. The molecule has 20 heavy (non-hydrogen) atoms. The molecule has 2 atom stereocenters. The van der Waals surface area contributed by atoms with Crippen LogP contribution in [0.15, 0.2) is 0 Å². The Morgan fingerprint density at radius 3 is 2.30 bits per heavy atom. The summed E-state index contributed by atoms with van der Waals surface area (Å²) in [5.74, 6) is 0.597. The van der Waals surface area contributed by atoms with Gasteiger partial charge >= 0.3 is 0 Å². The third-order valence-electron chi connectivity index (χ3n) is 5.37. The van der Waals surface area contributed by atoms with Crippen LogP contribution in [0.4, 0.5) is 0 Å². The quantitative estimate of drug-likeness (QED) is 0.683. The molecule has 1 rings (SSSR count). The molecule has 1 saturated carbocycles. The lowest BCUT2D eigenvalue weighted by Gasteiger charge is -2.53. The van der Waals surface area contributed by atoms with E-state index in [-0.39, 0.29) is 17.4 Å². The Morgan fingerprint density at radius 1 is 1.30 bits per heavy atom. The van der Waals surface area contributed by atoms with Gasteiger partial charge in [-0.25, -0.2) is 0 Å². The monoisotopic (exact) mass is 285 g/mol. The fraction of sp³-hybridized carbons (Fsp3) is 1.00. The number of hydrogen-bond acceptors (Lipinski definition) is 3. The largest absolute Gasteiger partial charge is 0.396 e. The minimum atomic E-state index is 0.0416. The van der Waals surface area contributed by atoms with Crippen molar-refractivity contribution >= 4 is 0 Å². The molecule has 0 amide bonds. The van der Waals surface area contributed by atoms with Gasteiger partial charge in [-0.2, -0.15) is 0 Å². The number of rotatable bonds is 9. The molecule has 0 saturated heterocycles. The van der Waals surface area contributed by atoms with Crippen LogP contribution in [0, 0.1) is 16.7 Å². The van der Waals surface area contributed by atoms with E-state index in [2.05, 4.69) is 46.9 Å². The smallest absolute Gasteiger partial charge is 0.0656 e. The highest BCUT2D eigenvalue weighted by Gasteiger charge is 2.49. The van der Waals surface area contributed by atoms with E-state index in [1.165, 1.54) is 0 Å². The van der Waals surface area contributed by atoms with Crippen LogP contribution < -0.4 is 5.32 Å². The lowest BCUT2D eigenvalue weighted by Crippen LogP contribution is -2.62. The third-order valence-corrected chi connectivity index (χ3v) is 5.37. The van der Waals surface area contributed by atoms with Gasteiger partial charge in [0.15, 0.2) is 0 Å². The van der Waals surface area contributed by atoms with E-state index in [0.717, 1.165) is 32.4 Å². The topological polar surface area (TPSA) is 41.5 Å². The van der Waals surface area contributed by atoms with Crippen molar-refractivity contribution < 1.29 is 9.84 Å². The Kier molecular flexibility index (Phi) is 6.49. The molecule has 1 aliphatic rings. The van der Waals surface area contributed by atoms with Crippen LogP contribution in [0.3, 0.4) is 0 Å². The van der Waals surface area contributed by atoms with Crippen molar-refractivity contribution in [2.75, 3.05) is 19.8 Å². The first-order valence-corrected chi connectivity index (χ1v) is 8.27. The van der Waals surface area contributed by atoms with E-state index in [1.54, 1.807) is 0 Å². The third kappa shape index (κ3) is 3.96. The Morgan fingerprint density at radius 2 is 1.90 bits per heavy atom. The molecule has 2 N–H and O–H groups in total. The number of aliphatic hydroxyl groups excluding tert-OH is 1. The van der Waals surface area contributed by atoms with E-state index >= 15 is 0 Å². The second kappa shape index (κ2) is 7.24. The number of aliphatic hydroxyl groups is 1. The maximum Gasteiger partial charge on any atom is 0.0656 e. The number of ether oxygens (including phenoxy) is 1. The maximum atomic E-state index is 9.64. The standard InChI is InChI=1S/C17H35NO2/c1-7-17(8-2,12-19)11-18-14-9-15(16(14,5)6)20-10-13(3)4/h13-15,18-19H,7-12H2,1-6H3. The SMILES string of the molecule is CCC(CC)(CO)CNC1CC(OCC(C)C)C1(C)C. The molecule has 0 aromatic rings. The predicted molar refractivity (Wildman–Crippen MR) is 84.9 cm³/mol. The molecular formula is C17H35NO2. The van der Waals surface area contributed by atoms with Gasteiger partial charge in [0, 0.05) is 36.6 Å². The van der Waals surface area contributed by atoms with Gasteiger partial charge in [0.1, 0.15) is 0 Å². The van der Waals surface area contributed by atoms with Gasteiger partial charge in [0.05, 0.1) is 6.10 Å². The van der Waals surface area contributed by atoms with Crippen molar-refractivity contribution in [2.45, 2.75) is 73.0 Å². The molecule has 0 aliphatic heterocycles. The molecule has 0 radical (unpaired) electrons. The average Bonchev–Trinajstić information content (AvgIpc) is 2.41. The second-order valence-corrected chi connectivity index (χ2v) is 7.57. The fourth-order valence-electron chi connectivity index (χ4n) is 2.94. The van der Waals surface area contributed by atoms with Crippen LogP contribution in [0.1, 0.15) is 60.8 Å². The minimum absolute atomic E-state index is 0.0416. The molecule has 120 valence electrons. The Hall–Kier alpha value is -0.120. The molecular weight excluding hydrogens is 250 g/mol. The minimum Gasteiger partial charge on any atom is -0.396 e. The fourth-order valence-corrected chi connectivity index (χ4v) is 2.94. The van der Waals surface area contributed by atoms with Crippen LogP contribution in [-0.2, 0) is 4.74 Å². The van der Waals surface area contributed by atoms with E-state index in [9.17, 15) is 5.11 Å². The molecule has 0 bridgehead atoms. The van der Waals surface area contributed by atoms with Crippen LogP contribution >= 0.6 is 0 Å². The molecule has 1 aliphatic carbocycles. The zero-order valence-electron chi connectivity index (χ0n) is 14.3. The lowest BCUT2D eigenvalue weighted by molar-refractivity contribution is -0.125. The summed E-state index contributed by atoms with van der Waals surface area (Å²) >= 11 is 0. The van der Waals surface area contributed by atoms with Crippen molar-refractivity contribution in [3.63, 3.8) is 0 Å². The summed E-state index contributed by atoms with van der Waals surface area (Å²) in [5.41, 5.74) is 0.234. The first-order valence-electron chi connectivity index (χ1n) is 8.27. The van der Waals surface area contributed by atoms with Gasteiger partial charge in [-0.15, -0.1) is 0 Å². The van der Waals surface area contributed by atoms with E-state index in [1.807, 2.05) is 0 Å². The van der Waals surface area contributed by atoms with E-state index < -0.39 is 0 Å². The highest BCUT2D eigenvalue weighted by Crippen LogP contribution is 2.43. The molecule has 3 heteroatoms. The zero-order chi connectivity index (χ0) is 15.4. The van der Waals surface area contributed by atoms with Crippen molar-refractivity contribution in [3.8, 4) is 0 Å². The van der Waals surface area contributed by atoms with Crippen molar-refractivity contribution in [1.82, 2.24) is 5.32 Å². The highest BCUT2D eigenvalue weighted by atomic mass is 16.5. The molecule has 1 fully saturated rings. The lowest BCUT2D eigenvalue weighted by atomic mass is 9.64. The molecule has 0 aromatic carbocycles. The number of hydrogen-bond donors (Lipinski definition) is 2. The molecule has 2 unspecified atom stereocenters.